The highest BCUT2D eigenvalue weighted by atomic mass is 19.1. The number of nitrogens with zero attached hydrogens (tertiary/aromatic N) is 5. The topological polar surface area (TPSA) is 95.9 Å². The number of ether oxygens (including phenoxy) is 2. The first-order valence-electron chi connectivity index (χ1n) is 15.1. The fourth-order valence-corrected chi connectivity index (χ4v) is 7.86. The molecule has 2 aromatic carbocycles. The van der Waals surface area contributed by atoms with Crippen LogP contribution in [0.25, 0.3) is 32.9 Å². The second-order valence-electron chi connectivity index (χ2n) is 12.5. The molecule has 4 fully saturated rings. The highest BCUT2D eigenvalue weighted by Gasteiger charge is 2.49. The van der Waals surface area contributed by atoms with Gasteiger partial charge in [-0.15, -0.1) is 0 Å². The normalized spacial score (nSPS) is 27.0. The van der Waals surface area contributed by atoms with Crippen molar-refractivity contribution < 1.29 is 23.4 Å². The summed E-state index contributed by atoms with van der Waals surface area (Å²) in [7, 11) is 1.75. The van der Waals surface area contributed by atoms with Gasteiger partial charge in [-0.2, -0.15) is 9.97 Å². The van der Waals surface area contributed by atoms with Crippen LogP contribution in [0.3, 0.4) is 0 Å². The lowest BCUT2D eigenvalue weighted by Crippen LogP contribution is -2.51. The van der Waals surface area contributed by atoms with Crippen molar-refractivity contribution in [1.29, 1.82) is 0 Å². The summed E-state index contributed by atoms with van der Waals surface area (Å²) in [6, 6.07) is 8.12. The molecule has 4 aromatic rings. The van der Waals surface area contributed by atoms with Gasteiger partial charge in [0.25, 0.3) is 0 Å². The SMILES string of the molecule is CO[C@H]1CN2CCC[C@]2(COc2nc(N3CC4CCC(C3)N4)c3cnc(-c4cc(O)cc5cccc(F)c45)c(F)c3n2)C1. The Kier molecular flexibility index (Phi) is 6.39. The van der Waals surface area contributed by atoms with Crippen LogP contribution in [-0.4, -0.2) is 88.6 Å². The third-order valence-corrected chi connectivity index (χ3v) is 9.90. The molecule has 6 heterocycles. The Bertz CT molecular complexity index is 1730. The molecule has 4 saturated heterocycles. The quantitative estimate of drug-likeness (QED) is 0.340. The molecule has 2 bridgehead atoms. The predicted molar refractivity (Wildman–Crippen MR) is 158 cm³/mol. The molecule has 0 aliphatic carbocycles. The van der Waals surface area contributed by atoms with Gasteiger partial charge in [0.1, 0.15) is 35.2 Å². The van der Waals surface area contributed by atoms with Crippen LogP contribution in [0.4, 0.5) is 14.6 Å². The number of methoxy groups -OCH3 is 1. The highest BCUT2D eigenvalue weighted by Crippen LogP contribution is 2.41. The number of aromatic nitrogens is 3. The Morgan fingerprint density at radius 3 is 2.77 bits per heavy atom. The lowest BCUT2D eigenvalue weighted by atomic mass is 9.94. The van der Waals surface area contributed by atoms with E-state index in [4.69, 9.17) is 14.5 Å². The van der Waals surface area contributed by atoms with Crippen molar-refractivity contribution in [2.24, 2.45) is 0 Å². The number of hydrogen-bond donors (Lipinski definition) is 2. The van der Waals surface area contributed by atoms with Crippen molar-refractivity contribution in [1.82, 2.24) is 25.2 Å². The van der Waals surface area contributed by atoms with E-state index in [-0.39, 0.29) is 45.6 Å². The Labute approximate surface area is 247 Å². The molecule has 2 aromatic heterocycles. The number of nitrogens with one attached hydrogen (secondary N) is 1. The molecule has 11 heteroatoms. The van der Waals surface area contributed by atoms with Gasteiger partial charge in [0.2, 0.25) is 0 Å². The van der Waals surface area contributed by atoms with Gasteiger partial charge >= 0.3 is 6.01 Å². The molecule has 4 atom stereocenters. The minimum absolute atomic E-state index is 0.0608. The summed E-state index contributed by atoms with van der Waals surface area (Å²) in [5.41, 5.74) is -0.0281. The van der Waals surface area contributed by atoms with E-state index in [1.807, 2.05) is 0 Å². The van der Waals surface area contributed by atoms with Crippen molar-refractivity contribution in [2.75, 3.05) is 44.8 Å². The van der Waals surface area contributed by atoms with Crippen LogP contribution in [-0.2, 0) is 4.74 Å². The smallest absolute Gasteiger partial charge is 0.319 e. The first-order chi connectivity index (χ1) is 20.9. The molecular formula is C32H34F2N6O3. The van der Waals surface area contributed by atoms with E-state index in [0.717, 1.165) is 58.3 Å². The number of aromatic hydroxyl groups is 1. The Balaban J connectivity index is 1.24. The fourth-order valence-electron chi connectivity index (χ4n) is 7.86. The van der Waals surface area contributed by atoms with E-state index < -0.39 is 11.6 Å². The van der Waals surface area contributed by atoms with Crippen molar-refractivity contribution in [3.63, 3.8) is 0 Å². The number of rotatable bonds is 6. The molecule has 4 aliphatic heterocycles. The van der Waals surface area contributed by atoms with E-state index in [9.17, 15) is 5.11 Å². The van der Waals surface area contributed by atoms with Crippen molar-refractivity contribution in [3.8, 4) is 23.0 Å². The Morgan fingerprint density at radius 2 is 1.95 bits per heavy atom. The zero-order valence-corrected chi connectivity index (χ0v) is 24.0. The van der Waals surface area contributed by atoms with Crippen LogP contribution in [0.15, 0.2) is 36.5 Å². The van der Waals surface area contributed by atoms with Gasteiger partial charge in [0.15, 0.2) is 5.82 Å². The minimum Gasteiger partial charge on any atom is -0.508 e. The number of phenolic OH excluding ortho intramolecular Hbond substituents is 1. The summed E-state index contributed by atoms with van der Waals surface area (Å²) < 4.78 is 43.7. The van der Waals surface area contributed by atoms with E-state index in [1.165, 1.54) is 18.2 Å². The molecule has 8 rings (SSSR count). The molecule has 224 valence electrons. The molecule has 0 spiro atoms. The van der Waals surface area contributed by atoms with Gasteiger partial charge in [-0.1, -0.05) is 12.1 Å². The number of fused-ring (bicyclic) bond motifs is 5. The van der Waals surface area contributed by atoms with Gasteiger partial charge in [0, 0.05) is 56.0 Å². The molecule has 4 aliphatic rings. The summed E-state index contributed by atoms with van der Waals surface area (Å²) >= 11 is 0. The maximum absolute atomic E-state index is 16.6. The monoisotopic (exact) mass is 588 g/mol. The Hall–Kier alpha value is -3.67. The third-order valence-electron chi connectivity index (χ3n) is 9.90. The highest BCUT2D eigenvalue weighted by molar-refractivity contribution is 6.00. The lowest BCUT2D eigenvalue weighted by molar-refractivity contribution is 0.0997. The van der Waals surface area contributed by atoms with E-state index >= 15 is 8.78 Å². The Morgan fingerprint density at radius 1 is 1.12 bits per heavy atom. The summed E-state index contributed by atoms with van der Waals surface area (Å²) in [6.07, 6.45) is 6.82. The van der Waals surface area contributed by atoms with Crippen LogP contribution in [0, 0.1) is 11.6 Å². The summed E-state index contributed by atoms with van der Waals surface area (Å²) in [4.78, 5) is 18.6. The van der Waals surface area contributed by atoms with E-state index in [0.29, 0.717) is 35.3 Å². The molecular weight excluding hydrogens is 554 g/mol. The summed E-state index contributed by atoms with van der Waals surface area (Å²) in [5.74, 6) is -0.751. The van der Waals surface area contributed by atoms with Gasteiger partial charge < -0.3 is 24.8 Å². The van der Waals surface area contributed by atoms with E-state index in [2.05, 4.69) is 25.1 Å². The number of phenols is 1. The van der Waals surface area contributed by atoms with Gasteiger partial charge in [0.05, 0.1) is 17.0 Å². The van der Waals surface area contributed by atoms with Gasteiger partial charge in [-0.3, -0.25) is 9.88 Å². The van der Waals surface area contributed by atoms with Crippen molar-refractivity contribution in [3.05, 3.63) is 48.2 Å². The maximum Gasteiger partial charge on any atom is 0.319 e. The predicted octanol–water partition coefficient (Wildman–Crippen LogP) is 4.40. The minimum atomic E-state index is -0.708. The average molecular weight is 589 g/mol. The first kappa shape index (κ1) is 26.9. The number of hydrogen-bond acceptors (Lipinski definition) is 9. The van der Waals surface area contributed by atoms with Crippen LogP contribution in [0.1, 0.15) is 32.1 Å². The number of anilines is 1. The second-order valence-corrected chi connectivity index (χ2v) is 12.5. The molecule has 43 heavy (non-hydrogen) atoms. The second kappa shape index (κ2) is 10.2. The van der Waals surface area contributed by atoms with Gasteiger partial charge in [-0.25, -0.2) is 8.78 Å². The molecule has 2 unspecified atom stereocenters. The molecule has 0 amide bonds. The molecule has 0 saturated carbocycles. The van der Waals surface area contributed by atoms with Crippen LogP contribution in [0.5, 0.6) is 11.8 Å². The fraction of sp³-hybridized carbons (Fsp3) is 0.469. The van der Waals surface area contributed by atoms with Crippen LogP contribution < -0.4 is 15.0 Å². The third kappa shape index (κ3) is 4.47. The number of benzene rings is 2. The molecule has 0 radical (unpaired) electrons. The number of piperazine rings is 1. The maximum atomic E-state index is 16.6. The van der Waals surface area contributed by atoms with Crippen LogP contribution >= 0.6 is 0 Å². The number of pyridine rings is 1. The standard InChI is InChI=1S/C32H34F2N6O3/c1-42-22-12-32(8-3-9-40(32)16-22)17-43-31-37-29-24(30(38-31)39-14-19-6-7-20(15-39)36-19)13-35-28(27(29)34)23-11-21(41)10-18-4-2-5-25(33)26(18)23/h2,4-5,10-11,13,19-20,22,36,41H,3,6-9,12,14-17H2,1H3/t19?,20?,22-,32-/m1/s1. The van der Waals surface area contributed by atoms with Gasteiger partial charge in [-0.05, 0) is 62.2 Å². The summed E-state index contributed by atoms with van der Waals surface area (Å²) in [5, 5.41) is 15.2. The largest absolute Gasteiger partial charge is 0.508 e. The molecule has 9 nitrogen and oxygen atoms in total. The zero-order chi connectivity index (χ0) is 29.3. The van der Waals surface area contributed by atoms with Crippen molar-refractivity contribution >= 4 is 27.5 Å². The number of halogens is 2. The molecule has 2 N–H and O–H groups in total. The average Bonchev–Trinajstić information content (AvgIpc) is 3.67. The van der Waals surface area contributed by atoms with Crippen LogP contribution in [0.2, 0.25) is 0 Å². The lowest BCUT2D eigenvalue weighted by Gasteiger charge is -2.34. The van der Waals surface area contributed by atoms with Crippen molar-refractivity contribution in [2.45, 2.75) is 55.8 Å². The summed E-state index contributed by atoms with van der Waals surface area (Å²) in [6.45, 7) is 3.72. The zero-order valence-electron chi connectivity index (χ0n) is 24.0. The van der Waals surface area contributed by atoms with E-state index in [1.54, 1.807) is 25.4 Å². The first-order valence-corrected chi connectivity index (χ1v) is 15.1.